The molecular formula is C8H7F3O2S. The number of hydrogen-bond acceptors (Lipinski definition) is 2. The standard InChI is InChI=1S/C8H7F3O2S/c1-14(12,13)4-5-2-7(10)8(11)3-6(5)9/h2-3H,4H2,1H3. The lowest BCUT2D eigenvalue weighted by Crippen LogP contribution is -2.04. The number of hydrogen-bond donors (Lipinski definition) is 0. The van der Waals surface area contributed by atoms with Gasteiger partial charge >= 0.3 is 0 Å². The summed E-state index contributed by atoms with van der Waals surface area (Å²) in [5, 5.41) is 0. The highest BCUT2D eigenvalue weighted by molar-refractivity contribution is 7.89. The first-order valence-electron chi connectivity index (χ1n) is 3.61. The van der Waals surface area contributed by atoms with E-state index in [9.17, 15) is 21.6 Å². The van der Waals surface area contributed by atoms with Gasteiger partial charge in [0, 0.05) is 17.9 Å². The highest BCUT2D eigenvalue weighted by atomic mass is 32.2. The van der Waals surface area contributed by atoms with Gasteiger partial charge in [-0.2, -0.15) is 0 Å². The van der Waals surface area contributed by atoms with Crippen LogP contribution in [0.2, 0.25) is 0 Å². The summed E-state index contributed by atoms with van der Waals surface area (Å²) in [5.74, 6) is -4.30. The van der Waals surface area contributed by atoms with Gasteiger partial charge in [0.25, 0.3) is 0 Å². The van der Waals surface area contributed by atoms with Crippen LogP contribution in [-0.4, -0.2) is 14.7 Å². The summed E-state index contributed by atoms with van der Waals surface area (Å²) in [5.41, 5.74) is -0.369. The summed E-state index contributed by atoms with van der Waals surface area (Å²) in [4.78, 5) is 0. The molecule has 0 atom stereocenters. The van der Waals surface area contributed by atoms with Crippen molar-refractivity contribution < 1.29 is 21.6 Å². The Hall–Kier alpha value is -1.04. The van der Waals surface area contributed by atoms with Crippen LogP contribution in [0.1, 0.15) is 5.56 Å². The maximum atomic E-state index is 12.9. The molecule has 0 saturated carbocycles. The first kappa shape index (κ1) is 11.0. The van der Waals surface area contributed by atoms with Crippen molar-refractivity contribution in [2.75, 3.05) is 6.26 Å². The molecule has 6 heteroatoms. The molecule has 0 N–H and O–H groups in total. The highest BCUT2D eigenvalue weighted by Crippen LogP contribution is 2.15. The van der Waals surface area contributed by atoms with Gasteiger partial charge in [-0.3, -0.25) is 0 Å². The predicted molar refractivity (Wildman–Crippen MR) is 44.9 cm³/mol. The van der Waals surface area contributed by atoms with Crippen LogP contribution in [0.25, 0.3) is 0 Å². The molecule has 0 spiro atoms. The van der Waals surface area contributed by atoms with Gasteiger partial charge in [0.1, 0.15) is 5.82 Å². The van der Waals surface area contributed by atoms with Gasteiger partial charge in [-0.1, -0.05) is 0 Å². The minimum absolute atomic E-state index is 0.329. The van der Waals surface area contributed by atoms with Gasteiger partial charge in [-0.05, 0) is 6.07 Å². The summed E-state index contributed by atoms with van der Waals surface area (Å²) < 4.78 is 59.4. The Kier molecular flexibility index (Phi) is 2.84. The van der Waals surface area contributed by atoms with Gasteiger partial charge in [-0.15, -0.1) is 0 Å². The Morgan fingerprint density at radius 1 is 1.07 bits per heavy atom. The smallest absolute Gasteiger partial charge is 0.161 e. The van der Waals surface area contributed by atoms with Crippen LogP contribution in [0.15, 0.2) is 12.1 Å². The van der Waals surface area contributed by atoms with Gasteiger partial charge < -0.3 is 0 Å². The third-order valence-corrected chi connectivity index (χ3v) is 2.34. The molecule has 0 saturated heterocycles. The van der Waals surface area contributed by atoms with Crippen molar-refractivity contribution in [2.24, 2.45) is 0 Å². The van der Waals surface area contributed by atoms with Crippen LogP contribution >= 0.6 is 0 Å². The molecule has 1 aromatic rings. The zero-order valence-corrected chi connectivity index (χ0v) is 8.04. The van der Waals surface area contributed by atoms with Crippen LogP contribution in [0.4, 0.5) is 13.2 Å². The molecule has 0 aromatic heterocycles. The SMILES string of the molecule is CS(=O)(=O)Cc1cc(F)c(F)cc1F. The molecule has 0 fully saturated rings. The zero-order chi connectivity index (χ0) is 10.9. The van der Waals surface area contributed by atoms with Gasteiger partial charge in [-0.25, -0.2) is 21.6 Å². The van der Waals surface area contributed by atoms with Crippen LogP contribution in [-0.2, 0) is 15.6 Å². The zero-order valence-electron chi connectivity index (χ0n) is 7.22. The molecule has 0 amide bonds. The first-order valence-corrected chi connectivity index (χ1v) is 5.67. The third-order valence-electron chi connectivity index (χ3n) is 1.51. The van der Waals surface area contributed by atoms with Crippen molar-refractivity contribution in [3.8, 4) is 0 Å². The largest absolute Gasteiger partial charge is 0.229 e. The minimum Gasteiger partial charge on any atom is -0.229 e. The molecule has 0 radical (unpaired) electrons. The van der Waals surface area contributed by atoms with E-state index < -0.39 is 33.0 Å². The van der Waals surface area contributed by atoms with Crippen molar-refractivity contribution in [3.05, 3.63) is 35.1 Å². The molecule has 0 aliphatic rings. The fraction of sp³-hybridized carbons (Fsp3) is 0.250. The van der Waals surface area contributed by atoms with E-state index in [1.165, 1.54) is 0 Å². The maximum Gasteiger partial charge on any atom is 0.161 e. The van der Waals surface area contributed by atoms with Gasteiger partial charge in [0.15, 0.2) is 21.5 Å². The van der Waals surface area contributed by atoms with E-state index in [0.29, 0.717) is 12.1 Å². The molecule has 78 valence electrons. The van der Waals surface area contributed by atoms with Crippen molar-refractivity contribution in [3.63, 3.8) is 0 Å². The molecule has 2 nitrogen and oxygen atoms in total. The van der Waals surface area contributed by atoms with Crippen molar-refractivity contribution in [1.29, 1.82) is 0 Å². The molecular weight excluding hydrogens is 217 g/mol. The number of halogens is 3. The fourth-order valence-corrected chi connectivity index (χ4v) is 1.74. The molecule has 0 aliphatic carbocycles. The summed E-state index contributed by atoms with van der Waals surface area (Å²) in [6, 6.07) is 0.877. The average molecular weight is 224 g/mol. The number of sulfone groups is 1. The molecule has 14 heavy (non-hydrogen) atoms. The summed E-state index contributed by atoms with van der Waals surface area (Å²) >= 11 is 0. The lowest BCUT2D eigenvalue weighted by Gasteiger charge is -2.02. The molecule has 1 aromatic carbocycles. The van der Waals surface area contributed by atoms with E-state index in [-0.39, 0.29) is 5.56 Å². The molecule has 0 aliphatic heterocycles. The van der Waals surface area contributed by atoms with E-state index in [0.717, 1.165) is 6.26 Å². The van der Waals surface area contributed by atoms with E-state index in [1.807, 2.05) is 0 Å². The Balaban J connectivity index is 3.17. The van der Waals surface area contributed by atoms with E-state index in [2.05, 4.69) is 0 Å². The fourth-order valence-electron chi connectivity index (χ4n) is 0.957. The van der Waals surface area contributed by atoms with Crippen LogP contribution < -0.4 is 0 Å². The first-order chi connectivity index (χ1) is 6.29. The molecule has 0 bridgehead atoms. The monoisotopic (exact) mass is 224 g/mol. The van der Waals surface area contributed by atoms with Gasteiger partial charge in [0.2, 0.25) is 0 Å². The predicted octanol–water partition coefficient (Wildman–Crippen LogP) is 1.65. The van der Waals surface area contributed by atoms with E-state index in [1.54, 1.807) is 0 Å². The van der Waals surface area contributed by atoms with Gasteiger partial charge in [0.05, 0.1) is 5.75 Å². The molecule has 0 unspecified atom stereocenters. The number of rotatable bonds is 2. The van der Waals surface area contributed by atoms with E-state index in [4.69, 9.17) is 0 Å². The second kappa shape index (κ2) is 3.61. The molecule has 0 heterocycles. The van der Waals surface area contributed by atoms with Crippen LogP contribution in [0.5, 0.6) is 0 Å². The second-order valence-electron chi connectivity index (χ2n) is 2.93. The third kappa shape index (κ3) is 2.73. The van der Waals surface area contributed by atoms with Crippen LogP contribution in [0.3, 0.4) is 0 Å². The summed E-state index contributed by atoms with van der Waals surface area (Å²) in [7, 11) is -3.46. The minimum atomic E-state index is -3.46. The lowest BCUT2D eigenvalue weighted by molar-refractivity contribution is 0.491. The average Bonchev–Trinajstić information content (AvgIpc) is 1.97. The summed E-state index contributed by atoms with van der Waals surface area (Å²) in [6.07, 6.45) is 0.883. The summed E-state index contributed by atoms with van der Waals surface area (Å²) in [6.45, 7) is 0. The Morgan fingerprint density at radius 3 is 2.07 bits per heavy atom. The quantitative estimate of drug-likeness (QED) is 0.716. The van der Waals surface area contributed by atoms with Crippen molar-refractivity contribution in [1.82, 2.24) is 0 Å². The van der Waals surface area contributed by atoms with E-state index >= 15 is 0 Å². The Bertz CT molecular complexity index is 454. The highest BCUT2D eigenvalue weighted by Gasteiger charge is 2.13. The van der Waals surface area contributed by atoms with Crippen molar-refractivity contribution in [2.45, 2.75) is 5.75 Å². The topological polar surface area (TPSA) is 34.1 Å². The lowest BCUT2D eigenvalue weighted by atomic mass is 10.2. The Morgan fingerprint density at radius 2 is 1.57 bits per heavy atom. The molecule has 1 rings (SSSR count). The van der Waals surface area contributed by atoms with Crippen LogP contribution in [0, 0.1) is 17.5 Å². The Labute approximate surface area is 79.3 Å². The number of benzene rings is 1. The maximum absolute atomic E-state index is 12.9. The van der Waals surface area contributed by atoms with Crippen molar-refractivity contribution >= 4 is 9.84 Å². The second-order valence-corrected chi connectivity index (χ2v) is 5.07. The normalized spacial score (nSPS) is 11.7.